The number of nitrogens with one attached hydrogen (secondary N) is 1. The van der Waals surface area contributed by atoms with E-state index < -0.39 is 0 Å². The van der Waals surface area contributed by atoms with Gasteiger partial charge in [0.1, 0.15) is 5.01 Å². The van der Waals surface area contributed by atoms with Gasteiger partial charge < -0.3 is 5.32 Å². The zero-order valence-electron chi connectivity index (χ0n) is 14.9. The van der Waals surface area contributed by atoms with Gasteiger partial charge in [-0.25, -0.2) is 4.98 Å². The van der Waals surface area contributed by atoms with Crippen molar-refractivity contribution < 1.29 is 4.79 Å². The Bertz CT molecular complexity index is 887. The molecular weight excluding hydrogens is 342 g/mol. The second-order valence-electron chi connectivity index (χ2n) is 6.86. The standard InChI is InChI=1S/C21H23N3OS/c1-15-8-2-3-9-16(15)22-20(25)14-24-13-7-6-11-18(24)21-23-17-10-4-5-12-19(17)26-21/h2-5,8-10,12,18H,6-7,11,13-14H2,1H3,(H,22,25)/t18-/m0/s1. The van der Waals surface area contributed by atoms with Crippen molar-refractivity contribution >= 4 is 33.1 Å². The highest BCUT2D eigenvalue weighted by Crippen LogP contribution is 2.35. The first-order valence-electron chi connectivity index (χ1n) is 9.16. The number of hydrogen-bond acceptors (Lipinski definition) is 4. The topological polar surface area (TPSA) is 45.2 Å². The molecule has 1 saturated heterocycles. The summed E-state index contributed by atoms with van der Waals surface area (Å²) in [6, 6.07) is 16.4. The van der Waals surface area contributed by atoms with Crippen LogP contribution in [0.3, 0.4) is 0 Å². The molecule has 1 aliphatic rings. The van der Waals surface area contributed by atoms with Crippen molar-refractivity contribution in [2.45, 2.75) is 32.2 Å². The molecule has 1 aliphatic heterocycles. The van der Waals surface area contributed by atoms with Crippen LogP contribution in [0.4, 0.5) is 5.69 Å². The van der Waals surface area contributed by atoms with Crippen LogP contribution < -0.4 is 5.32 Å². The molecule has 0 aliphatic carbocycles. The summed E-state index contributed by atoms with van der Waals surface area (Å²) in [6.07, 6.45) is 3.40. The first-order chi connectivity index (χ1) is 12.7. The van der Waals surface area contributed by atoms with Gasteiger partial charge in [-0.2, -0.15) is 0 Å². The van der Waals surface area contributed by atoms with Crippen LogP contribution in [-0.4, -0.2) is 28.9 Å². The Morgan fingerprint density at radius 3 is 2.85 bits per heavy atom. The summed E-state index contributed by atoms with van der Waals surface area (Å²) in [4.78, 5) is 19.7. The highest BCUT2D eigenvalue weighted by Gasteiger charge is 2.28. The predicted octanol–water partition coefficient (Wildman–Crippen LogP) is 4.77. The third-order valence-electron chi connectivity index (χ3n) is 4.98. The van der Waals surface area contributed by atoms with Gasteiger partial charge in [-0.05, 0) is 50.1 Å². The molecule has 4 rings (SSSR count). The number of piperidine rings is 1. The lowest BCUT2D eigenvalue weighted by atomic mass is 10.0. The van der Waals surface area contributed by atoms with Gasteiger partial charge in [0.25, 0.3) is 0 Å². The molecule has 3 aromatic rings. The van der Waals surface area contributed by atoms with Crippen LogP contribution in [0.5, 0.6) is 0 Å². The van der Waals surface area contributed by atoms with E-state index in [1.54, 1.807) is 11.3 Å². The molecule has 0 radical (unpaired) electrons. The minimum Gasteiger partial charge on any atom is -0.325 e. The maximum atomic E-state index is 12.6. The summed E-state index contributed by atoms with van der Waals surface area (Å²) in [7, 11) is 0. The second kappa shape index (κ2) is 7.56. The molecule has 1 fully saturated rings. The number of rotatable bonds is 4. The van der Waals surface area contributed by atoms with E-state index in [0.29, 0.717) is 6.54 Å². The Kier molecular flexibility index (Phi) is 5.00. The van der Waals surface area contributed by atoms with Gasteiger partial charge in [0, 0.05) is 5.69 Å². The Hall–Kier alpha value is -2.24. The number of amides is 1. The van der Waals surface area contributed by atoms with Crippen LogP contribution in [0.15, 0.2) is 48.5 Å². The number of likely N-dealkylation sites (tertiary alicyclic amines) is 1. The number of aryl methyl sites for hydroxylation is 1. The molecule has 2 aromatic carbocycles. The highest BCUT2D eigenvalue weighted by atomic mass is 32.1. The van der Waals surface area contributed by atoms with Crippen LogP contribution >= 0.6 is 11.3 Å². The summed E-state index contributed by atoms with van der Waals surface area (Å²) >= 11 is 1.76. The third-order valence-corrected chi connectivity index (χ3v) is 6.11. The fraction of sp³-hybridized carbons (Fsp3) is 0.333. The molecule has 0 saturated carbocycles. The van der Waals surface area contributed by atoms with Crippen molar-refractivity contribution in [2.75, 3.05) is 18.4 Å². The number of benzene rings is 2. The van der Waals surface area contributed by atoms with Crippen LogP contribution in [0.25, 0.3) is 10.2 Å². The minimum absolute atomic E-state index is 0.0484. The maximum absolute atomic E-state index is 12.6. The normalized spacial score (nSPS) is 18.1. The number of nitrogens with zero attached hydrogens (tertiary/aromatic N) is 2. The number of para-hydroxylation sites is 2. The van der Waals surface area contributed by atoms with Crippen LogP contribution in [0, 0.1) is 6.92 Å². The van der Waals surface area contributed by atoms with Gasteiger partial charge in [0.05, 0.1) is 22.8 Å². The van der Waals surface area contributed by atoms with Gasteiger partial charge in [0.2, 0.25) is 5.91 Å². The summed E-state index contributed by atoms with van der Waals surface area (Å²) in [5, 5.41) is 4.19. The zero-order chi connectivity index (χ0) is 17.9. The number of anilines is 1. The van der Waals surface area contributed by atoms with Gasteiger partial charge in [-0.15, -0.1) is 11.3 Å². The minimum atomic E-state index is 0.0484. The second-order valence-corrected chi connectivity index (χ2v) is 7.93. The van der Waals surface area contributed by atoms with Gasteiger partial charge >= 0.3 is 0 Å². The molecule has 134 valence electrons. The molecule has 0 bridgehead atoms. The SMILES string of the molecule is Cc1ccccc1NC(=O)CN1CCCC[C@H]1c1nc2ccccc2s1. The van der Waals surface area contributed by atoms with E-state index in [9.17, 15) is 4.79 Å². The Morgan fingerprint density at radius 1 is 1.19 bits per heavy atom. The average molecular weight is 366 g/mol. The summed E-state index contributed by atoms with van der Waals surface area (Å²) < 4.78 is 1.22. The summed E-state index contributed by atoms with van der Waals surface area (Å²) in [5.41, 5.74) is 3.04. The van der Waals surface area contributed by atoms with Crippen LogP contribution in [0.1, 0.15) is 35.9 Å². The number of carbonyl (C=O) groups is 1. The molecule has 4 nitrogen and oxygen atoms in total. The average Bonchev–Trinajstić information content (AvgIpc) is 3.08. The van der Waals surface area contributed by atoms with E-state index in [1.165, 1.54) is 11.1 Å². The number of carbonyl (C=O) groups excluding carboxylic acids is 1. The van der Waals surface area contributed by atoms with E-state index >= 15 is 0 Å². The van der Waals surface area contributed by atoms with E-state index in [1.807, 2.05) is 37.3 Å². The molecule has 1 N–H and O–H groups in total. The molecular formula is C21H23N3OS. The largest absolute Gasteiger partial charge is 0.325 e. The summed E-state index contributed by atoms with van der Waals surface area (Å²) in [5.74, 6) is 0.0484. The van der Waals surface area contributed by atoms with E-state index in [2.05, 4.69) is 28.4 Å². The number of thiazole rings is 1. The lowest BCUT2D eigenvalue weighted by Gasteiger charge is -2.33. The zero-order valence-corrected chi connectivity index (χ0v) is 15.8. The monoisotopic (exact) mass is 365 g/mol. The first-order valence-corrected chi connectivity index (χ1v) is 9.97. The molecule has 1 amide bonds. The molecule has 26 heavy (non-hydrogen) atoms. The van der Waals surface area contributed by atoms with Crippen molar-refractivity contribution in [3.8, 4) is 0 Å². The Labute approximate surface area is 157 Å². The Balaban J connectivity index is 1.50. The fourth-order valence-corrected chi connectivity index (χ4v) is 4.72. The molecule has 0 spiro atoms. The van der Waals surface area contributed by atoms with E-state index in [0.717, 1.165) is 41.2 Å². The van der Waals surface area contributed by atoms with Crippen LogP contribution in [-0.2, 0) is 4.79 Å². The third kappa shape index (κ3) is 3.64. The number of aromatic nitrogens is 1. The number of fused-ring (bicyclic) bond motifs is 1. The molecule has 5 heteroatoms. The van der Waals surface area contributed by atoms with Gasteiger partial charge in [0.15, 0.2) is 0 Å². The van der Waals surface area contributed by atoms with Crippen LogP contribution in [0.2, 0.25) is 0 Å². The van der Waals surface area contributed by atoms with Gasteiger partial charge in [-0.1, -0.05) is 36.8 Å². The lowest BCUT2D eigenvalue weighted by Crippen LogP contribution is -2.39. The lowest BCUT2D eigenvalue weighted by molar-refractivity contribution is -0.118. The maximum Gasteiger partial charge on any atom is 0.238 e. The smallest absolute Gasteiger partial charge is 0.238 e. The van der Waals surface area contributed by atoms with Crippen molar-refractivity contribution in [3.05, 3.63) is 59.1 Å². The number of hydrogen-bond donors (Lipinski definition) is 1. The highest BCUT2D eigenvalue weighted by molar-refractivity contribution is 7.18. The quantitative estimate of drug-likeness (QED) is 0.724. The van der Waals surface area contributed by atoms with Gasteiger partial charge in [-0.3, -0.25) is 9.69 Å². The van der Waals surface area contributed by atoms with Crippen molar-refractivity contribution in [1.82, 2.24) is 9.88 Å². The molecule has 2 heterocycles. The Morgan fingerprint density at radius 2 is 2.00 bits per heavy atom. The molecule has 1 atom stereocenters. The fourth-order valence-electron chi connectivity index (χ4n) is 3.58. The van der Waals surface area contributed by atoms with Crippen molar-refractivity contribution in [3.63, 3.8) is 0 Å². The molecule has 1 aromatic heterocycles. The summed E-state index contributed by atoms with van der Waals surface area (Å²) in [6.45, 7) is 3.37. The van der Waals surface area contributed by atoms with E-state index in [4.69, 9.17) is 4.98 Å². The van der Waals surface area contributed by atoms with Crippen molar-refractivity contribution in [2.24, 2.45) is 0 Å². The molecule has 0 unspecified atom stereocenters. The van der Waals surface area contributed by atoms with E-state index in [-0.39, 0.29) is 11.9 Å². The first kappa shape index (κ1) is 17.2. The van der Waals surface area contributed by atoms with Crippen molar-refractivity contribution in [1.29, 1.82) is 0 Å². The predicted molar refractivity (Wildman–Crippen MR) is 108 cm³/mol.